The van der Waals surface area contributed by atoms with Crippen molar-refractivity contribution >= 4 is 17.7 Å². The number of aromatic nitrogens is 2. The predicted molar refractivity (Wildman–Crippen MR) is 112 cm³/mol. The minimum atomic E-state index is -0.0522. The zero-order valence-electron chi connectivity index (χ0n) is 16.7. The molecule has 3 aromatic rings. The number of aryl methyl sites for hydroxylation is 3. The molecule has 1 aromatic heterocycles. The number of nitrogens with one attached hydrogen (secondary N) is 1. The van der Waals surface area contributed by atoms with Gasteiger partial charge in [0.1, 0.15) is 0 Å². The van der Waals surface area contributed by atoms with E-state index in [1.165, 1.54) is 17.3 Å². The third-order valence-electron chi connectivity index (χ3n) is 4.43. The molecule has 0 unspecified atom stereocenters. The summed E-state index contributed by atoms with van der Waals surface area (Å²) in [4.78, 5) is 12.4. The molecule has 0 aliphatic carbocycles. The molecule has 3 rings (SSSR count). The van der Waals surface area contributed by atoms with Crippen molar-refractivity contribution in [2.75, 3.05) is 5.75 Å². The molecule has 0 aliphatic rings. The number of thioether (sulfide) groups is 1. The summed E-state index contributed by atoms with van der Waals surface area (Å²) in [6.07, 6.45) is 0.830. The Morgan fingerprint density at radius 2 is 1.71 bits per heavy atom. The summed E-state index contributed by atoms with van der Waals surface area (Å²) in [7, 11) is 0. The van der Waals surface area contributed by atoms with E-state index in [0.29, 0.717) is 11.1 Å². The first-order chi connectivity index (χ1) is 13.4. The van der Waals surface area contributed by atoms with Crippen LogP contribution in [0.5, 0.6) is 0 Å². The highest BCUT2D eigenvalue weighted by Crippen LogP contribution is 2.25. The number of nitrogens with zero attached hydrogens (tertiary/aromatic N) is 2. The normalized spacial score (nSPS) is 12.0. The molecule has 0 aliphatic heterocycles. The lowest BCUT2D eigenvalue weighted by Crippen LogP contribution is -2.29. The van der Waals surface area contributed by atoms with E-state index in [4.69, 9.17) is 4.42 Å². The molecule has 1 atom stereocenters. The van der Waals surface area contributed by atoms with Gasteiger partial charge in [0.2, 0.25) is 11.8 Å². The van der Waals surface area contributed by atoms with Crippen LogP contribution in [-0.4, -0.2) is 21.9 Å². The summed E-state index contributed by atoms with van der Waals surface area (Å²) in [6.45, 7) is 8.18. The van der Waals surface area contributed by atoms with Crippen molar-refractivity contribution in [3.8, 4) is 11.5 Å². The summed E-state index contributed by atoms with van der Waals surface area (Å²) in [5.41, 5.74) is 5.50. The van der Waals surface area contributed by atoms with Crippen molar-refractivity contribution < 1.29 is 9.21 Å². The summed E-state index contributed by atoms with van der Waals surface area (Å²) in [6, 6.07) is 14.4. The van der Waals surface area contributed by atoms with Crippen LogP contribution < -0.4 is 5.32 Å². The van der Waals surface area contributed by atoms with Gasteiger partial charge in [0.05, 0.1) is 11.8 Å². The van der Waals surface area contributed by atoms with Gasteiger partial charge < -0.3 is 9.73 Å². The van der Waals surface area contributed by atoms with E-state index in [9.17, 15) is 4.79 Å². The van der Waals surface area contributed by atoms with Crippen molar-refractivity contribution in [3.05, 3.63) is 64.7 Å². The molecule has 5 nitrogen and oxygen atoms in total. The van der Waals surface area contributed by atoms with Crippen LogP contribution in [0.3, 0.4) is 0 Å². The largest absolute Gasteiger partial charge is 0.411 e. The number of carbonyl (C=O) groups is 1. The van der Waals surface area contributed by atoms with Crippen molar-refractivity contribution in [2.45, 2.75) is 45.4 Å². The highest BCUT2D eigenvalue weighted by molar-refractivity contribution is 7.99. The zero-order chi connectivity index (χ0) is 20.1. The second-order valence-corrected chi connectivity index (χ2v) is 7.90. The minimum absolute atomic E-state index is 0.00205. The van der Waals surface area contributed by atoms with Gasteiger partial charge in [0.15, 0.2) is 0 Å². The molecular formula is C22H25N3O2S. The van der Waals surface area contributed by atoms with Crippen LogP contribution >= 0.6 is 11.8 Å². The highest BCUT2D eigenvalue weighted by atomic mass is 32.2. The molecule has 1 amide bonds. The van der Waals surface area contributed by atoms with E-state index < -0.39 is 0 Å². The van der Waals surface area contributed by atoms with Gasteiger partial charge in [-0.25, -0.2) is 0 Å². The lowest BCUT2D eigenvalue weighted by atomic mass is 10.0. The Balaban J connectivity index is 1.58. The summed E-state index contributed by atoms with van der Waals surface area (Å²) >= 11 is 1.25. The fraction of sp³-hybridized carbons (Fsp3) is 0.318. The van der Waals surface area contributed by atoms with Gasteiger partial charge in [-0.1, -0.05) is 65.7 Å². The van der Waals surface area contributed by atoms with E-state index in [-0.39, 0.29) is 17.7 Å². The van der Waals surface area contributed by atoms with Crippen LogP contribution in [0.4, 0.5) is 0 Å². The topological polar surface area (TPSA) is 68.0 Å². The van der Waals surface area contributed by atoms with Crippen LogP contribution in [0, 0.1) is 20.8 Å². The molecule has 0 radical (unpaired) electrons. The van der Waals surface area contributed by atoms with Crippen molar-refractivity contribution in [2.24, 2.45) is 0 Å². The second kappa shape index (κ2) is 9.06. The molecule has 2 aromatic carbocycles. The van der Waals surface area contributed by atoms with E-state index in [0.717, 1.165) is 28.7 Å². The Hall–Kier alpha value is -2.60. The monoisotopic (exact) mass is 395 g/mol. The van der Waals surface area contributed by atoms with Crippen LogP contribution in [0.1, 0.15) is 41.6 Å². The number of benzene rings is 2. The SMILES string of the molecule is CC[C@@H](NC(=O)CSc1nnc(-c2cc(C)cc(C)c2)o1)c1ccc(C)cc1. The van der Waals surface area contributed by atoms with Gasteiger partial charge in [0, 0.05) is 5.56 Å². The molecule has 0 saturated carbocycles. The highest BCUT2D eigenvalue weighted by Gasteiger charge is 2.15. The van der Waals surface area contributed by atoms with Gasteiger partial charge in [-0.05, 0) is 44.9 Å². The Kier molecular flexibility index (Phi) is 6.52. The third-order valence-corrected chi connectivity index (χ3v) is 5.24. The number of carbonyl (C=O) groups excluding carboxylic acids is 1. The van der Waals surface area contributed by atoms with Crippen LogP contribution in [0.25, 0.3) is 11.5 Å². The van der Waals surface area contributed by atoms with Gasteiger partial charge >= 0.3 is 0 Å². The number of hydrogen-bond acceptors (Lipinski definition) is 5. The summed E-state index contributed by atoms with van der Waals surface area (Å²) < 4.78 is 5.72. The van der Waals surface area contributed by atoms with E-state index in [1.807, 2.05) is 26.0 Å². The predicted octanol–water partition coefficient (Wildman–Crippen LogP) is 5.02. The van der Waals surface area contributed by atoms with Gasteiger partial charge in [0.25, 0.3) is 5.22 Å². The number of rotatable bonds is 7. The number of amides is 1. The van der Waals surface area contributed by atoms with Crippen LogP contribution in [0.2, 0.25) is 0 Å². The maximum absolute atomic E-state index is 12.4. The Morgan fingerprint density at radius 1 is 1.04 bits per heavy atom. The molecule has 0 spiro atoms. The Morgan fingerprint density at radius 3 is 2.36 bits per heavy atom. The molecule has 0 fully saturated rings. The van der Waals surface area contributed by atoms with Gasteiger partial charge in [-0.2, -0.15) is 0 Å². The van der Waals surface area contributed by atoms with Crippen LogP contribution in [0.15, 0.2) is 52.1 Å². The van der Waals surface area contributed by atoms with Gasteiger partial charge in [-0.3, -0.25) is 4.79 Å². The standard InChI is InChI=1S/C22H25N3O2S/c1-5-19(17-8-6-14(2)7-9-17)23-20(26)13-28-22-25-24-21(27-22)18-11-15(3)10-16(4)12-18/h6-12,19H,5,13H2,1-4H3,(H,23,26)/t19-/m1/s1. The molecule has 1 N–H and O–H groups in total. The molecule has 28 heavy (non-hydrogen) atoms. The van der Waals surface area contributed by atoms with E-state index in [1.54, 1.807) is 0 Å². The first-order valence-corrected chi connectivity index (χ1v) is 10.3. The fourth-order valence-corrected chi connectivity index (χ4v) is 3.64. The van der Waals surface area contributed by atoms with E-state index >= 15 is 0 Å². The Labute approximate surface area is 170 Å². The van der Waals surface area contributed by atoms with Crippen molar-refractivity contribution in [1.82, 2.24) is 15.5 Å². The minimum Gasteiger partial charge on any atom is -0.411 e. The van der Waals surface area contributed by atoms with Gasteiger partial charge in [-0.15, -0.1) is 10.2 Å². The third kappa shape index (κ3) is 5.23. The lowest BCUT2D eigenvalue weighted by molar-refractivity contribution is -0.119. The maximum Gasteiger partial charge on any atom is 0.277 e. The zero-order valence-corrected chi connectivity index (χ0v) is 17.5. The first-order valence-electron chi connectivity index (χ1n) is 9.35. The summed E-state index contributed by atoms with van der Waals surface area (Å²) in [5, 5.41) is 11.6. The molecule has 0 bridgehead atoms. The van der Waals surface area contributed by atoms with E-state index in [2.05, 4.69) is 59.7 Å². The molecule has 1 heterocycles. The summed E-state index contributed by atoms with van der Waals surface area (Å²) in [5.74, 6) is 0.654. The Bertz CT molecular complexity index is 930. The van der Waals surface area contributed by atoms with Crippen LogP contribution in [-0.2, 0) is 4.79 Å². The number of hydrogen-bond donors (Lipinski definition) is 1. The molecule has 0 saturated heterocycles. The average Bonchev–Trinajstić information content (AvgIpc) is 3.14. The second-order valence-electron chi connectivity index (χ2n) is 6.98. The quantitative estimate of drug-likeness (QED) is 0.569. The van der Waals surface area contributed by atoms with Crippen molar-refractivity contribution in [3.63, 3.8) is 0 Å². The average molecular weight is 396 g/mol. The first kappa shape index (κ1) is 20.1. The fourth-order valence-electron chi connectivity index (χ4n) is 3.07. The maximum atomic E-state index is 12.4. The molecule has 6 heteroatoms. The van der Waals surface area contributed by atoms with Crippen molar-refractivity contribution in [1.29, 1.82) is 0 Å². The molecule has 146 valence electrons. The molecular weight excluding hydrogens is 370 g/mol. The lowest BCUT2D eigenvalue weighted by Gasteiger charge is -2.17. The smallest absolute Gasteiger partial charge is 0.277 e.